The summed E-state index contributed by atoms with van der Waals surface area (Å²) in [6.07, 6.45) is 2.60. The van der Waals surface area contributed by atoms with E-state index in [0.717, 1.165) is 19.5 Å². The second kappa shape index (κ2) is 6.86. The Balaban J connectivity index is 2.02. The van der Waals surface area contributed by atoms with Crippen LogP contribution in [0.15, 0.2) is 0 Å². The maximum absolute atomic E-state index is 11.1. The third-order valence-electron chi connectivity index (χ3n) is 3.18. The van der Waals surface area contributed by atoms with E-state index >= 15 is 0 Å². The van der Waals surface area contributed by atoms with E-state index in [1.165, 1.54) is 6.42 Å². The minimum Gasteiger partial charge on any atom is -0.466 e. The van der Waals surface area contributed by atoms with Gasteiger partial charge in [-0.1, -0.05) is 0 Å². The highest BCUT2D eigenvalue weighted by atomic mass is 16.5. The zero-order chi connectivity index (χ0) is 12.0. The van der Waals surface area contributed by atoms with E-state index in [1.807, 2.05) is 6.92 Å². The van der Waals surface area contributed by atoms with Crippen molar-refractivity contribution in [3.8, 4) is 0 Å². The first kappa shape index (κ1) is 13.5. The van der Waals surface area contributed by atoms with E-state index in [2.05, 4.69) is 24.2 Å². The minimum absolute atomic E-state index is 0.0822. The van der Waals surface area contributed by atoms with Gasteiger partial charge in [0.05, 0.1) is 6.61 Å². The fraction of sp³-hybridized carbons (Fsp3) is 0.917. The molecule has 1 N–H and O–H groups in total. The Kier molecular flexibility index (Phi) is 5.77. The smallest absolute Gasteiger partial charge is 0.305 e. The molecule has 0 saturated carbocycles. The molecule has 0 aromatic rings. The van der Waals surface area contributed by atoms with Gasteiger partial charge in [0.15, 0.2) is 0 Å². The number of carbonyl (C=O) groups excluding carboxylic acids is 1. The zero-order valence-electron chi connectivity index (χ0n) is 10.7. The van der Waals surface area contributed by atoms with Crippen LogP contribution in [0, 0.1) is 0 Å². The number of esters is 1. The third kappa shape index (κ3) is 4.49. The van der Waals surface area contributed by atoms with Crippen LogP contribution in [0.3, 0.4) is 0 Å². The molecule has 1 aliphatic rings. The van der Waals surface area contributed by atoms with Crippen molar-refractivity contribution in [2.75, 3.05) is 26.7 Å². The van der Waals surface area contributed by atoms with Crippen molar-refractivity contribution in [2.45, 2.75) is 45.2 Å². The zero-order valence-corrected chi connectivity index (χ0v) is 10.7. The lowest BCUT2D eigenvalue weighted by Crippen LogP contribution is -2.32. The van der Waals surface area contributed by atoms with Crippen molar-refractivity contribution in [1.29, 1.82) is 0 Å². The first-order valence-corrected chi connectivity index (χ1v) is 6.22. The van der Waals surface area contributed by atoms with Crippen molar-refractivity contribution in [1.82, 2.24) is 10.2 Å². The van der Waals surface area contributed by atoms with Crippen LogP contribution in [0.1, 0.15) is 33.1 Å². The van der Waals surface area contributed by atoms with Gasteiger partial charge in [-0.05, 0) is 40.3 Å². The Bertz CT molecular complexity index is 211. The molecule has 0 amide bonds. The molecule has 1 saturated heterocycles. The van der Waals surface area contributed by atoms with Crippen molar-refractivity contribution in [3.63, 3.8) is 0 Å². The quantitative estimate of drug-likeness (QED) is 0.544. The maximum Gasteiger partial charge on any atom is 0.305 e. The molecule has 0 bridgehead atoms. The van der Waals surface area contributed by atoms with Gasteiger partial charge in [0, 0.05) is 25.0 Å². The average Bonchev–Trinajstić information content (AvgIpc) is 2.54. The molecule has 1 heterocycles. The molecule has 1 rings (SSSR count). The first-order valence-electron chi connectivity index (χ1n) is 6.22. The van der Waals surface area contributed by atoms with Crippen LogP contribution in [-0.2, 0) is 9.53 Å². The van der Waals surface area contributed by atoms with Gasteiger partial charge in [-0.15, -0.1) is 0 Å². The van der Waals surface area contributed by atoms with Crippen molar-refractivity contribution >= 4 is 5.97 Å². The van der Waals surface area contributed by atoms with E-state index in [0.29, 0.717) is 25.1 Å². The van der Waals surface area contributed by atoms with Crippen LogP contribution in [0.2, 0.25) is 0 Å². The summed E-state index contributed by atoms with van der Waals surface area (Å²) >= 11 is 0. The summed E-state index contributed by atoms with van der Waals surface area (Å²) < 4.78 is 4.87. The van der Waals surface area contributed by atoms with Crippen LogP contribution < -0.4 is 5.32 Å². The molecule has 4 heteroatoms. The van der Waals surface area contributed by atoms with E-state index in [1.54, 1.807) is 0 Å². The van der Waals surface area contributed by atoms with Gasteiger partial charge in [-0.2, -0.15) is 0 Å². The summed E-state index contributed by atoms with van der Waals surface area (Å²) in [7, 11) is 2.16. The summed E-state index contributed by atoms with van der Waals surface area (Å²) in [4.78, 5) is 13.4. The molecule has 2 unspecified atom stereocenters. The highest BCUT2D eigenvalue weighted by molar-refractivity contribution is 5.69. The predicted molar refractivity (Wildman–Crippen MR) is 64.4 cm³/mol. The fourth-order valence-corrected chi connectivity index (χ4v) is 2.11. The number of nitrogens with one attached hydrogen (secondary N) is 1. The molecule has 4 nitrogen and oxygen atoms in total. The minimum atomic E-state index is -0.0822. The molecular weight excluding hydrogens is 204 g/mol. The molecule has 1 fully saturated rings. The Morgan fingerprint density at radius 3 is 2.88 bits per heavy atom. The lowest BCUT2D eigenvalue weighted by Gasteiger charge is -2.13. The van der Waals surface area contributed by atoms with Crippen LogP contribution in [0.4, 0.5) is 0 Å². The Hall–Kier alpha value is -0.610. The van der Waals surface area contributed by atoms with Crippen LogP contribution >= 0.6 is 0 Å². The summed E-state index contributed by atoms with van der Waals surface area (Å²) in [6, 6.07) is 1.25. The van der Waals surface area contributed by atoms with Crippen LogP contribution in [0.5, 0.6) is 0 Å². The second-order valence-electron chi connectivity index (χ2n) is 4.58. The van der Waals surface area contributed by atoms with Crippen molar-refractivity contribution < 1.29 is 9.53 Å². The molecular formula is C12H24N2O2. The van der Waals surface area contributed by atoms with Gasteiger partial charge in [0.2, 0.25) is 0 Å². The molecule has 0 spiro atoms. The van der Waals surface area contributed by atoms with Gasteiger partial charge < -0.3 is 15.0 Å². The lowest BCUT2D eigenvalue weighted by molar-refractivity contribution is -0.143. The van der Waals surface area contributed by atoms with Crippen LogP contribution in [-0.4, -0.2) is 49.7 Å². The van der Waals surface area contributed by atoms with E-state index in [9.17, 15) is 4.79 Å². The predicted octanol–water partition coefficient (Wildman–Crippen LogP) is 1.01. The number of rotatable bonds is 6. The molecule has 1 aliphatic heterocycles. The van der Waals surface area contributed by atoms with Gasteiger partial charge in [0.1, 0.15) is 0 Å². The van der Waals surface area contributed by atoms with Gasteiger partial charge in [-0.25, -0.2) is 0 Å². The first-order chi connectivity index (χ1) is 7.63. The molecule has 0 radical (unpaired) electrons. The summed E-state index contributed by atoms with van der Waals surface area (Å²) in [6.45, 7) is 6.59. The monoisotopic (exact) mass is 228 g/mol. The number of carbonyl (C=O) groups is 1. The van der Waals surface area contributed by atoms with E-state index < -0.39 is 0 Å². The van der Waals surface area contributed by atoms with E-state index in [-0.39, 0.29) is 5.97 Å². The van der Waals surface area contributed by atoms with Gasteiger partial charge in [-0.3, -0.25) is 4.79 Å². The SMILES string of the molecule is CCOC(=O)CCCNC1CC(C)N(C)C1. The molecule has 0 aromatic carbocycles. The highest BCUT2D eigenvalue weighted by Gasteiger charge is 2.25. The highest BCUT2D eigenvalue weighted by Crippen LogP contribution is 2.14. The normalized spacial score (nSPS) is 25.9. The second-order valence-corrected chi connectivity index (χ2v) is 4.58. The van der Waals surface area contributed by atoms with Gasteiger partial charge in [0.25, 0.3) is 0 Å². The summed E-state index contributed by atoms with van der Waals surface area (Å²) in [5.41, 5.74) is 0. The van der Waals surface area contributed by atoms with Crippen LogP contribution in [0.25, 0.3) is 0 Å². The van der Waals surface area contributed by atoms with Crippen molar-refractivity contribution in [2.24, 2.45) is 0 Å². The van der Waals surface area contributed by atoms with Gasteiger partial charge >= 0.3 is 5.97 Å². The Morgan fingerprint density at radius 2 is 2.31 bits per heavy atom. The standard InChI is InChI=1S/C12H24N2O2/c1-4-16-12(15)6-5-7-13-11-8-10(2)14(3)9-11/h10-11,13H,4-9H2,1-3H3. The Morgan fingerprint density at radius 1 is 1.56 bits per heavy atom. The third-order valence-corrected chi connectivity index (χ3v) is 3.18. The number of nitrogens with zero attached hydrogens (tertiary/aromatic N) is 1. The average molecular weight is 228 g/mol. The Labute approximate surface area is 98.3 Å². The lowest BCUT2D eigenvalue weighted by atomic mass is 10.2. The number of hydrogen-bond acceptors (Lipinski definition) is 4. The molecule has 0 aromatic heterocycles. The molecule has 0 aliphatic carbocycles. The summed E-state index contributed by atoms with van der Waals surface area (Å²) in [5.74, 6) is -0.0822. The number of hydrogen-bond donors (Lipinski definition) is 1. The number of ether oxygens (including phenoxy) is 1. The van der Waals surface area contributed by atoms with Crippen molar-refractivity contribution in [3.05, 3.63) is 0 Å². The molecule has 2 atom stereocenters. The molecule has 94 valence electrons. The van der Waals surface area contributed by atoms with E-state index in [4.69, 9.17) is 4.74 Å². The molecule has 16 heavy (non-hydrogen) atoms. The fourth-order valence-electron chi connectivity index (χ4n) is 2.11. The summed E-state index contributed by atoms with van der Waals surface area (Å²) in [5, 5.41) is 3.49. The topological polar surface area (TPSA) is 41.6 Å². The number of likely N-dealkylation sites (N-methyl/N-ethyl adjacent to an activating group) is 1. The largest absolute Gasteiger partial charge is 0.466 e. The number of likely N-dealkylation sites (tertiary alicyclic amines) is 1. The maximum atomic E-state index is 11.1.